The number of amidine groups is 1. The van der Waals surface area contributed by atoms with Crippen molar-refractivity contribution in [3.05, 3.63) is 36.4 Å². The lowest BCUT2D eigenvalue weighted by atomic mass is 9.69. The second kappa shape index (κ2) is 4.22. The van der Waals surface area contributed by atoms with Crippen LogP contribution in [0, 0.1) is 17.8 Å². The molecule has 23 heavy (non-hydrogen) atoms. The average Bonchev–Trinajstić information content (AvgIpc) is 2.76. The molecule has 1 aromatic rings. The van der Waals surface area contributed by atoms with Gasteiger partial charge in [-0.2, -0.15) is 0 Å². The second-order valence-electron chi connectivity index (χ2n) is 6.37. The quantitative estimate of drug-likeness (QED) is 0.533. The average molecular weight is 309 g/mol. The summed E-state index contributed by atoms with van der Waals surface area (Å²) in [5, 5.41) is 0. The van der Waals surface area contributed by atoms with E-state index in [9.17, 15) is 9.59 Å². The number of carbonyl (C=O) groups excluding carboxylic acids is 2. The molecule has 4 atom stereocenters. The number of carbonyl (C=O) groups is 2. The Bertz CT molecular complexity index is 800. The molecule has 0 spiro atoms. The first-order chi connectivity index (χ1) is 11.2. The highest BCUT2D eigenvalue weighted by atomic mass is 16.5. The monoisotopic (exact) mass is 309 g/mol. The summed E-state index contributed by atoms with van der Waals surface area (Å²) in [7, 11) is 1.57. The maximum absolute atomic E-state index is 12.5. The van der Waals surface area contributed by atoms with Crippen molar-refractivity contribution in [2.45, 2.75) is 6.04 Å². The van der Waals surface area contributed by atoms with Gasteiger partial charge in [-0.1, -0.05) is 24.3 Å². The Morgan fingerprint density at radius 3 is 2.78 bits per heavy atom. The summed E-state index contributed by atoms with van der Waals surface area (Å²) in [5.41, 5.74) is 0.771. The molecule has 1 aliphatic carbocycles. The first-order valence-corrected chi connectivity index (χ1v) is 7.73. The van der Waals surface area contributed by atoms with Gasteiger partial charge in [0.25, 0.3) is 0 Å². The van der Waals surface area contributed by atoms with Gasteiger partial charge in [0.05, 0.1) is 17.9 Å². The number of piperidine rings is 1. The number of aliphatic imine (C=N–C) groups is 1. The van der Waals surface area contributed by atoms with Crippen LogP contribution in [-0.4, -0.2) is 47.3 Å². The van der Waals surface area contributed by atoms with E-state index in [0.29, 0.717) is 6.73 Å². The van der Waals surface area contributed by atoms with Gasteiger partial charge in [0.2, 0.25) is 11.8 Å². The molecule has 5 aliphatic rings. The van der Waals surface area contributed by atoms with E-state index in [0.717, 1.165) is 17.3 Å². The zero-order valence-corrected chi connectivity index (χ0v) is 12.5. The first-order valence-electron chi connectivity index (χ1n) is 7.73. The zero-order chi connectivity index (χ0) is 15.7. The lowest BCUT2D eigenvalue weighted by Crippen LogP contribution is -2.59. The number of amides is 2. The van der Waals surface area contributed by atoms with Gasteiger partial charge in [-0.3, -0.25) is 14.5 Å². The minimum absolute atomic E-state index is 0.0971. The van der Waals surface area contributed by atoms with Crippen LogP contribution in [0.5, 0.6) is 5.75 Å². The van der Waals surface area contributed by atoms with E-state index in [1.807, 2.05) is 41.3 Å². The number of likely N-dealkylation sites (tertiary alicyclic amines) is 1. The molecule has 4 aliphatic heterocycles. The fourth-order valence-corrected chi connectivity index (χ4v) is 4.19. The van der Waals surface area contributed by atoms with Gasteiger partial charge in [0.15, 0.2) is 6.73 Å². The molecule has 4 heterocycles. The molecule has 0 unspecified atom stereocenters. The first kappa shape index (κ1) is 12.9. The number of ether oxygens (including phenoxy) is 1. The number of imide groups is 1. The van der Waals surface area contributed by atoms with E-state index in [2.05, 4.69) is 0 Å². The minimum Gasteiger partial charge on any atom is -0.471 e. The molecule has 2 bridgehead atoms. The lowest BCUT2D eigenvalue weighted by molar-refractivity contribution is -0.138. The largest absolute Gasteiger partial charge is 0.471 e. The number of rotatable bonds is 0. The number of hydrogen-bond donors (Lipinski definition) is 0. The summed E-state index contributed by atoms with van der Waals surface area (Å²) in [6.45, 7) is 0.343. The maximum Gasteiger partial charge on any atom is 0.235 e. The van der Waals surface area contributed by atoms with E-state index in [-0.39, 0.29) is 35.6 Å². The van der Waals surface area contributed by atoms with Crippen molar-refractivity contribution in [1.82, 2.24) is 9.80 Å². The molecule has 0 aromatic heterocycles. The number of nitrogens with zero attached hydrogens (tertiary/aromatic N) is 3. The topological polar surface area (TPSA) is 62.2 Å². The fourth-order valence-electron chi connectivity index (χ4n) is 4.19. The Hall–Kier alpha value is -2.63. The van der Waals surface area contributed by atoms with Gasteiger partial charge < -0.3 is 9.64 Å². The van der Waals surface area contributed by atoms with Crippen molar-refractivity contribution in [3.8, 4) is 5.75 Å². The van der Waals surface area contributed by atoms with Crippen LogP contribution in [0.2, 0.25) is 0 Å². The van der Waals surface area contributed by atoms with Crippen LogP contribution in [0.1, 0.15) is 0 Å². The normalized spacial score (nSPS) is 33.7. The SMILES string of the molecule is CN1C(=O)[C@@H]2[C@H](C1=O)[C@@H]1C=C[C@H]2C2=Nc3ccccc3OCN21. The lowest BCUT2D eigenvalue weighted by Gasteiger charge is -2.47. The van der Waals surface area contributed by atoms with Crippen molar-refractivity contribution >= 4 is 23.3 Å². The number of hydrogen-bond acceptors (Lipinski definition) is 5. The van der Waals surface area contributed by atoms with Crippen molar-refractivity contribution in [2.75, 3.05) is 13.8 Å². The Morgan fingerprint density at radius 2 is 1.91 bits per heavy atom. The third-order valence-electron chi connectivity index (χ3n) is 5.30. The highest BCUT2D eigenvalue weighted by Gasteiger charge is 2.60. The predicted octanol–water partition coefficient (Wildman–Crippen LogP) is 1.17. The Labute approximate surface area is 133 Å². The zero-order valence-electron chi connectivity index (χ0n) is 12.5. The molecule has 2 amide bonds. The Balaban J connectivity index is 1.66. The van der Waals surface area contributed by atoms with E-state index in [1.54, 1.807) is 7.05 Å². The van der Waals surface area contributed by atoms with Crippen LogP contribution in [0.3, 0.4) is 0 Å². The maximum atomic E-state index is 12.5. The Morgan fingerprint density at radius 1 is 1.13 bits per heavy atom. The standard InChI is InChI=1S/C17H15N3O3/c1-19-16(21)13-9-6-7-11(14(13)17(19)22)20-8-23-12-5-3-2-4-10(12)18-15(9)20/h2-7,9,11,13-14H,8H2,1H3/t9-,11+,13+,14-/m1/s1. The van der Waals surface area contributed by atoms with Crippen LogP contribution < -0.4 is 4.74 Å². The second-order valence-corrected chi connectivity index (χ2v) is 6.37. The number of fused-ring (bicyclic) bond motifs is 1. The van der Waals surface area contributed by atoms with Crippen LogP contribution >= 0.6 is 0 Å². The minimum atomic E-state index is -0.331. The van der Waals surface area contributed by atoms with Crippen LogP contribution in [0.4, 0.5) is 5.69 Å². The fraction of sp³-hybridized carbons (Fsp3) is 0.353. The summed E-state index contributed by atoms with van der Waals surface area (Å²) >= 11 is 0. The van der Waals surface area contributed by atoms with Crippen LogP contribution in [-0.2, 0) is 9.59 Å². The van der Waals surface area contributed by atoms with E-state index in [4.69, 9.17) is 9.73 Å². The third kappa shape index (κ3) is 1.50. The van der Waals surface area contributed by atoms with Crippen LogP contribution in [0.25, 0.3) is 0 Å². The van der Waals surface area contributed by atoms with Crippen LogP contribution in [0.15, 0.2) is 41.4 Å². The van der Waals surface area contributed by atoms with Gasteiger partial charge in [-0.05, 0) is 12.1 Å². The molecule has 2 saturated heterocycles. The summed E-state index contributed by atoms with van der Waals surface area (Å²) < 4.78 is 5.88. The highest BCUT2D eigenvalue weighted by Crippen LogP contribution is 2.47. The molecule has 1 aromatic carbocycles. The van der Waals surface area contributed by atoms with Crippen molar-refractivity contribution in [3.63, 3.8) is 0 Å². The number of benzene rings is 1. The van der Waals surface area contributed by atoms with Gasteiger partial charge in [-0.15, -0.1) is 0 Å². The molecule has 6 rings (SSSR count). The predicted molar refractivity (Wildman–Crippen MR) is 82.0 cm³/mol. The van der Waals surface area contributed by atoms with E-state index in [1.165, 1.54) is 4.90 Å². The molecule has 0 saturated carbocycles. The summed E-state index contributed by atoms with van der Waals surface area (Å²) in [6, 6.07) is 7.45. The molecule has 116 valence electrons. The molecule has 6 nitrogen and oxygen atoms in total. The highest BCUT2D eigenvalue weighted by molar-refractivity contribution is 6.10. The van der Waals surface area contributed by atoms with Crippen molar-refractivity contribution in [2.24, 2.45) is 22.7 Å². The molecular formula is C17H15N3O3. The van der Waals surface area contributed by atoms with Gasteiger partial charge in [0, 0.05) is 13.0 Å². The Kier molecular flexibility index (Phi) is 2.36. The number of para-hydroxylation sites is 2. The molecule has 2 fully saturated rings. The third-order valence-corrected chi connectivity index (χ3v) is 5.30. The summed E-state index contributed by atoms with van der Waals surface area (Å²) in [4.78, 5) is 33.1. The summed E-state index contributed by atoms with van der Waals surface area (Å²) in [5.74, 6) is 0.546. The van der Waals surface area contributed by atoms with Crippen molar-refractivity contribution < 1.29 is 14.3 Å². The van der Waals surface area contributed by atoms with E-state index < -0.39 is 0 Å². The molecule has 0 radical (unpaired) electrons. The van der Waals surface area contributed by atoms with Gasteiger partial charge in [-0.25, -0.2) is 4.99 Å². The molecule has 6 heteroatoms. The molecule has 0 N–H and O–H groups in total. The van der Waals surface area contributed by atoms with Crippen molar-refractivity contribution in [1.29, 1.82) is 0 Å². The summed E-state index contributed by atoms with van der Waals surface area (Å²) in [6.07, 6.45) is 4.05. The van der Waals surface area contributed by atoms with Gasteiger partial charge >= 0.3 is 0 Å². The van der Waals surface area contributed by atoms with Gasteiger partial charge in [0.1, 0.15) is 17.3 Å². The van der Waals surface area contributed by atoms with E-state index >= 15 is 0 Å². The molecular weight excluding hydrogens is 294 g/mol. The smallest absolute Gasteiger partial charge is 0.235 e.